The van der Waals surface area contributed by atoms with Crippen LogP contribution in [0.4, 0.5) is 0 Å². The standard InChI is InChI=1S/C14H26N2O3/c1-6-7-8-16-13(17)12-11(10(15)9(2)3)18-14(4,5)19-12/h6,9-12H,1,7-8,15H2,2-5H3,(H,16,17)/t10-,11+,12-/m0/s1. The molecule has 0 aliphatic carbocycles. The maximum Gasteiger partial charge on any atom is 0.252 e. The van der Waals surface area contributed by atoms with Crippen molar-refractivity contribution in [2.45, 2.75) is 58.2 Å². The summed E-state index contributed by atoms with van der Waals surface area (Å²) in [5.41, 5.74) is 6.12. The highest BCUT2D eigenvalue weighted by Gasteiger charge is 2.48. The van der Waals surface area contributed by atoms with E-state index in [9.17, 15) is 4.79 Å². The lowest BCUT2D eigenvalue weighted by Gasteiger charge is -2.25. The molecule has 0 spiro atoms. The highest BCUT2D eigenvalue weighted by molar-refractivity contribution is 5.81. The van der Waals surface area contributed by atoms with Crippen LogP contribution < -0.4 is 11.1 Å². The first kappa shape index (κ1) is 16.1. The van der Waals surface area contributed by atoms with Crippen molar-refractivity contribution in [2.24, 2.45) is 11.7 Å². The van der Waals surface area contributed by atoms with Gasteiger partial charge in [-0.05, 0) is 26.2 Å². The van der Waals surface area contributed by atoms with E-state index in [2.05, 4.69) is 11.9 Å². The van der Waals surface area contributed by atoms with Crippen molar-refractivity contribution in [1.29, 1.82) is 0 Å². The normalized spacial score (nSPS) is 27.3. The smallest absolute Gasteiger partial charge is 0.252 e. The maximum atomic E-state index is 12.1. The van der Waals surface area contributed by atoms with E-state index in [-0.39, 0.29) is 17.9 Å². The number of nitrogens with one attached hydrogen (secondary N) is 1. The Labute approximate surface area is 115 Å². The molecule has 5 heteroatoms. The van der Waals surface area contributed by atoms with E-state index in [1.54, 1.807) is 19.9 Å². The van der Waals surface area contributed by atoms with Gasteiger partial charge in [-0.15, -0.1) is 6.58 Å². The second kappa shape index (κ2) is 6.50. The minimum Gasteiger partial charge on any atom is -0.353 e. The molecule has 1 heterocycles. The summed E-state index contributed by atoms with van der Waals surface area (Å²) in [5, 5.41) is 2.82. The first-order valence-electron chi connectivity index (χ1n) is 6.78. The van der Waals surface area contributed by atoms with Crippen LogP contribution >= 0.6 is 0 Å². The second-order valence-corrected chi connectivity index (χ2v) is 5.71. The minimum absolute atomic E-state index is 0.173. The first-order valence-corrected chi connectivity index (χ1v) is 6.78. The zero-order valence-corrected chi connectivity index (χ0v) is 12.3. The van der Waals surface area contributed by atoms with Gasteiger partial charge in [0.15, 0.2) is 11.9 Å². The van der Waals surface area contributed by atoms with Gasteiger partial charge in [0.25, 0.3) is 5.91 Å². The van der Waals surface area contributed by atoms with Crippen molar-refractivity contribution < 1.29 is 14.3 Å². The summed E-state index contributed by atoms with van der Waals surface area (Å²) in [6, 6.07) is -0.239. The lowest BCUT2D eigenvalue weighted by molar-refractivity contribution is -0.156. The number of carbonyl (C=O) groups excluding carboxylic acids is 1. The highest BCUT2D eigenvalue weighted by Crippen LogP contribution is 2.31. The third-order valence-electron chi connectivity index (χ3n) is 3.18. The van der Waals surface area contributed by atoms with Crippen molar-refractivity contribution >= 4 is 5.91 Å². The van der Waals surface area contributed by atoms with Gasteiger partial charge in [0, 0.05) is 12.6 Å². The highest BCUT2D eigenvalue weighted by atomic mass is 16.8. The number of hydrogen-bond acceptors (Lipinski definition) is 4. The molecule has 1 amide bonds. The molecule has 0 saturated carbocycles. The topological polar surface area (TPSA) is 73.6 Å². The largest absolute Gasteiger partial charge is 0.353 e. The van der Waals surface area contributed by atoms with Crippen molar-refractivity contribution in [3.05, 3.63) is 12.7 Å². The fraction of sp³-hybridized carbons (Fsp3) is 0.786. The third kappa shape index (κ3) is 4.30. The summed E-state index contributed by atoms with van der Waals surface area (Å²) in [7, 11) is 0. The maximum absolute atomic E-state index is 12.1. The quantitative estimate of drug-likeness (QED) is 0.561. The van der Waals surface area contributed by atoms with Crippen LogP contribution in [-0.2, 0) is 14.3 Å². The van der Waals surface area contributed by atoms with E-state index in [0.29, 0.717) is 6.54 Å². The number of nitrogens with two attached hydrogens (primary N) is 1. The van der Waals surface area contributed by atoms with Gasteiger partial charge in [0.05, 0.1) is 0 Å². The monoisotopic (exact) mass is 270 g/mol. The Kier molecular flexibility index (Phi) is 5.52. The van der Waals surface area contributed by atoms with Crippen molar-refractivity contribution in [2.75, 3.05) is 6.54 Å². The molecule has 5 nitrogen and oxygen atoms in total. The number of ether oxygens (including phenoxy) is 2. The van der Waals surface area contributed by atoms with Crippen LogP contribution in [0.5, 0.6) is 0 Å². The van der Waals surface area contributed by atoms with Gasteiger partial charge in [0.2, 0.25) is 0 Å². The molecular weight excluding hydrogens is 244 g/mol. The van der Waals surface area contributed by atoms with E-state index in [1.807, 2.05) is 13.8 Å². The third-order valence-corrected chi connectivity index (χ3v) is 3.18. The van der Waals surface area contributed by atoms with E-state index < -0.39 is 18.0 Å². The van der Waals surface area contributed by atoms with E-state index in [0.717, 1.165) is 6.42 Å². The zero-order valence-electron chi connectivity index (χ0n) is 12.3. The molecule has 1 aliphatic heterocycles. The molecule has 1 saturated heterocycles. The van der Waals surface area contributed by atoms with Crippen LogP contribution in [0.2, 0.25) is 0 Å². The van der Waals surface area contributed by atoms with E-state index >= 15 is 0 Å². The van der Waals surface area contributed by atoms with E-state index in [4.69, 9.17) is 15.2 Å². The van der Waals surface area contributed by atoms with Crippen molar-refractivity contribution in [1.82, 2.24) is 5.32 Å². The molecule has 110 valence electrons. The fourth-order valence-corrected chi connectivity index (χ4v) is 2.05. The summed E-state index contributed by atoms with van der Waals surface area (Å²) in [6.45, 7) is 11.8. The van der Waals surface area contributed by atoms with Crippen LogP contribution in [0.25, 0.3) is 0 Å². The Morgan fingerprint density at radius 3 is 2.63 bits per heavy atom. The Morgan fingerprint density at radius 1 is 1.47 bits per heavy atom. The molecule has 0 unspecified atom stereocenters. The number of rotatable bonds is 6. The molecule has 0 bridgehead atoms. The molecule has 3 N–H and O–H groups in total. The van der Waals surface area contributed by atoms with Gasteiger partial charge in [-0.3, -0.25) is 4.79 Å². The average Bonchev–Trinajstić information content (AvgIpc) is 2.64. The van der Waals surface area contributed by atoms with Gasteiger partial charge in [-0.2, -0.15) is 0 Å². The van der Waals surface area contributed by atoms with Crippen LogP contribution in [0.1, 0.15) is 34.1 Å². The summed E-state index contributed by atoms with van der Waals surface area (Å²) in [6.07, 6.45) is 1.41. The molecule has 1 rings (SSSR count). The summed E-state index contributed by atoms with van der Waals surface area (Å²) < 4.78 is 11.5. The molecule has 0 aromatic rings. The number of amides is 1. The predicted octanol–water partition coefficient (Wildman–Crippen LogP) is 1.18. The molecule has 1 fully saturated rings. The Bertz CT molecular complexity index is 329. The molecular formula is C14H26N2O3. The van der Waals surface area contributed by atoms with Gasteiger partial charge < -0.3 is 20.5 Å². The molecule has 1 aliphatic rings. The van der Waals surface area contributed by atoms with Crippen LogP contribution in [0.3, 0.4) is 0 Å². The molecule has 0 radical (unpaired) electrons. The Hall–Kier alpha value is -0.910. The SMILES string of the molecule is C=CCCNC(=O)[C@H]1OC(C)(C)O[C@@H]1[C@@H](N)C(C)C. The van der Waals surface area contributed by atoms with Gasteiger partial charge >= 0.3 is 0 Å². The number of carbonyl (C=O) groups is 1. The first-order chi connectivity index (χ1) is 8.78. The minimum atomic E-state index is -0.780. The van der Waals surface area contributed by atoms with Gasteiger partial charge in [-0.1, -0.05) is 19.9 Å². The van der Waals surface area contributed by atoms with Crippen molar-refractivity contribution in [3.8, 4) is 0 Å². The summed E-state index contributed by atoms with van der Waals surface area (Å²) >= 11 is 0. The van der Waals surface area contributed by atoms with Gasteiger partial charge in [-0.25, -0.2) is 0 Å². The molecule has 19 heavy (non-hydrogen) atoms. The summed E-state index contributed by atoms with van der Waals surface area (Å²) in [5.74, 6) is -0.739. The lowest BCUT2D eigenvalue weighted by Crippen LogP contribution is -2.50. The summed E-state index contributed by atoms with van der Waals surface area (Å²) in [4.78, 5) is 12.1. The Morgan fingerprint density at radius 2 is 2.11 bits per heavy atom. The lowest BCUT2D eigenvalue weighted by atomic mass is 9.95. The Balaban J connectivity index is 2.71. The average molecular weight is 270 g/mol. The second-order valence-electron chi connectivity index (χ2n) is 5.71. The fourth-order valence-electron chi connectivity index (χ4n) is 2.05. The zero-order chi connectivity index (χ0) is 14.6. The van der Waals surface area contributed by atoms with E-state index in [1.165, 1.54) is 0 Å². The van der Waals surface area contributed by atoms with Crippen LogP contribution in [-0.4, -0.2) is 36.5 Å². The van der Waals surface area contributed by atoms with Crippen LogP contribution in [0.15, 0.2) is 12.7 Å². The molecule has 0 aromatic carbocycles. The van der Waals surface area contributed by atoms with Crippen LogP contribution in [0, 0.1) is 5.92 Å². The molecule has 0 aromatic heterocycles. The molecule has 3 atom stereocenters. The van der Waals surface area contributed by atoms with Crippen molar-refractivity contribution in [3.63, 3.8) is 0 Å². The number of hydrogen-bond donors (Lipinski definition) is 2. The predicted molar refractivity (Wildman–Crippen MR) is 74.5 cm³/mol. The van der Waals surface area contributed by atoms with Gasteiger partial charge in [0.1, 0.15) is 6.10 Å².